The maximum atomic E-state index is 12.3. The molecule has 1 N–H and O–H groups in total. The molecular formula is C14H16N2O3. The second-order valence-corrected chi connectivity index (χ2v) is 4.96. The number of imide groups is 2. The fourth-order valence-corrected chi connectivity index (χ4v) is 2.31. The van der Waals surface area contributed by atoms with Crippen LogP contribution >= 0.6 is 0 Å². The first kappa shape index (κ1) is 13.3. The highest BCUT2D eigenvalue weighted by Crippen LogP contribution is 2.39. The van der Waals surface area contributed by atoms with E-state index >= 15 is 0 Å². The Morgan fingerprint density at radius 3 is 2.32 bits per heavy atom. The molecule has 1 fully saturated rings. The monoisotopic (exact) mass is 260 g/mol. The zero-order valence-electron chi connectivity index (χ0n) is 11.1. The van der Waals surface area contributed by atoms with Crippen molar-refractivity contribution in [1.29, 1.82) is 0 Å². The second-order valence-electron chi connectivity index (χ2n) is 4.96. The molecule has 5 heteroatoms. The molecule has 0 radical (unpaired) electrons. The van der Waals surface area contributed by atoms with Gasteiger partial charge in [-0.1, -0.05) is 37.3 Å². The fourth-order valence-electron chi connectivity index (χ4n) is 2.31. The number of urea groups is 1. The van der Waals surface area contributed by atoms with Crippen molar-refractivity contribution >= 4 is 17.8 Å². The first-order valence-corrected chi connectivity index (χ1v) is 6.07. The fraction of sp³-hybridized carbons (Fsp3) is 0.357. The summed E-state index contributed by atoms with van der Waals surface area (Å²) >= 11 is 0. The maximum Gasteiger partial charge on any atom is 0.330 e. The molecule has 4 amide bonds. The van der Waals surface area contributed by atoms with Crippen LogP contribution in [-0.2, 0) is 9.59 Å². The van der Waals surface area contributed by atoms with Crippen LogP contribution in [0.3, 0.4) is 0 Å². The predicted molar refractivity (Wildman–Crippen MR) is 69.3 cm³/mol. The highest BCUT2D eigenvalue weighted by molar-refractivity contribution is 6.19. The van der Waals surface area contributed by atoms with Crippen LogP contribution in [0.5, 0.6) is 0 Å². The lowest BCUT2D eigenvalue weighted by Crippen LogP contribution is -2.63. The summed E-state index contributed by atoms with van der Waals surface area (Å²) in [5, 5.41) is 2.23. The van der Waals surface area contributed by atoms with Crippen LogP contribution in [0.15, 0.2) is 30.3 Å². The van der Waals surface area contributed by atoms with Crippen molar-refractivity contribution in [3.8, 4) is 0 Å². The molecule has 0 aliphatic carbocycles. The molecular weight excluding hydrogens is 244 g/mol. The third-order valence-corrected chi connectivity index (χ3v) is 3.91. The summed E-state index contributed by atoms with van der Waals surface area (Å²) in [5.41, 5.74) is -0.388. The van der Waals surface area contributed by atoms with Crippen molar-refractivity contribution in [3.05, 3.63) is 35.9 Å². The average molecular weight is 260 g/mol. The summed E-state index contributed by atoms with van der Waals surface area (Å²) in [4.78, 5) is 36.8. The number of nitrogens with one attached hydrogen (secondary N) is 1. The molecule has 2 unspecified atom stereocenters. The lowest BCUT2D eigenvalue weighted by atomic mass is 9.72. The van der Waals surface area contributed by atoms with E-state index in [1.165, 1.54) is 7.05 Å². The lowest BCUT2D eigenvalue weighted by Gasteiger charge is -2.39. The minimum atomic E-state index is -1.27. The summed E-state index contributed by atoms with van der Waals surface area (Å²) in [6.07, 6.45) is 0. The average Bonchev–Trinajstić information content (AvgIpc) is 2.43. The maximum absolute atomic E-state index is 12.3. The van der Waals surface area contributed by atoms with E-state index in [2.05, 4.69) is 5.32 Å². The second kappa shape index (κ2) is 4.50. The Kier molecular flexibility index (Phi) is 3.14. The predicted octanol–water partition coefficient (Wildman–Crippen LogP) is 1.50. The van der Waals surface area contributed by atoms with Gasteiger partial charge in [0.1, 0.15) is 5.41 Å². The quantitative estimate of drug-likeness (QED) is 0.819. The summed E-state index contributed by atoms with van der Waals surface area (Å²) < 4.78 is 0. The van der Waals surface area contributed by atoms with E-state index in [0.29, 0.717) is 0 Å². The molecule has 0 bridgehead atoms. The summed E-state index contributed by atoms with van der Waals surface area (Å²) in [6.45, 7) is 3.39. The number of barbiturate groups is 1. The molecule has 2 atom stereocenters. The van der Waals surface area contributed by atoms with Crippen LogP contribution < -0.4 is 5.32 Å². The SMILES string of the molecule is CC(c1ccccc1)C1(C)C(=O)NC(=O)N(C)C1=O. The molecule has 1 aromatic carbocycles. The Balaban J connectivity index is 2.43. The van der Waals surface area contributed by atoms with E-state index < -0.39 is 23.3 Å². The molecule has 1 saturated heterocycles. The first-order chi connectivity index (χ1) is 8.89. The molecule has 100 valence electrons. The molecule has 1 heterocycles. The van der Waals surface area contributed by atoms with Gasteiger partial charge in [0, 0.05) is 13.0 Å². The van der Waals surface area contributed by atoms with Crippen molar-refractivity contribution in [1.82, 2.24) is 10.2 Å². The standard InChI is InChI=1S/C14H16N2O3/c1-9(10-7-5-4-6-8-10)14(2)11(17)15-13(19)16(3)12(14)18/h4-9H,1-3H3,(H,15,17,19). The Morgan fingerprint density at radius 1 is 1.16 bits per heavy atom. The van der Waals surface area contributed by atoms with Gasteiger partial charge in [0.15, 0.2) is 0 Å². The Morgan fingerprint density at radius 2 is 1.74 bits per heavy atom. The number of amides is 4. The summed E-state index contributed by atoms with van der Waals surface area (Å²) in [7, 11) is 1.38. The molecule has 0 spiro atoms. The highest BCUT2D eigenvalue weighted by atomic mass is 16.2. The molecule has 5 nitrogen and oxygen atoms in total. The molecule has 19 heavy (non-hydrogen) atoms. The van der Waals surface area contributed by atoms with E-state index in [1.807, 2.05) is 37.3 Å². The van der Waals surface area contributed by atoms with Gasteiger partial charge in [0.2, 0.25) is 11.8 Å². The molecule has 0 saturated carbocycles. The van der Waals surface area contributed by atoms with Gasteiger partial charge >= 0.3 is 6.03 Å². The van der Waals surface area contributed by atoms with Crippen LogP contribution in [0.2, 0.25) is 0 Å². The normalized spacial score (nSPS) is 25.2. The number of carbonyl (C=O) groups excluding carboxylic acids is 3. The number of nitrogens with zero attached hydrogens (tertiary/aromatic N) is 1. The Labute approximate surface area is 111 Å². The smallest absolute Gasteiger partial charge is 0.277 e. The van der Waals surface area contributed by atoms with Crippen molar-refractivity contribution < 1.29 is 14.4 Å². The molecule has 2 rings (SSSR count). The number of hydrogen-bond acceptors (Lipinski definition) is 3. The minimum Gasteiger partial charge on any atom is -0.277 e. The lowest BCUT2D eigenvalue weighted by molar-refractivity contribution is -0.150. The molecule has 1 aromatic rings. The highest BCUT2D eigenvalue weighted by Gasteiger charge is 2.52. The van der Waals surface area contributed by atoms with E-state index in [-0.39, 0.29) is 5.92 Å². The molecule has 1 aliphatic heterocycles. The third kappa shape index (κ3) is 1.91. The largest absolute Gasteiger partial charge is 0.330 e. The Hall–Kier alpha value is -2.17. The van der Waals surface area contributed by atoms with Crippen LogP contribution in [0.25, 0.3) is 0 Å². The zero-order chi connectivity index (χ0) is 14.2. The van der Waals surface area contributed by atoms with E-state index in [0.717, 1.165) is 10.5 Å². The van der Waals surface area contributed by atoms with Gasteiger partial charge in [-0.25, -0.2) is 4.79 Å². The van der Waals surface area contributed by atoms with Crippen molar-refractivity contribution in [2.75, 3.05) is 7.05 Å². The van der Waals surface area contributed by atoms with Crippen LogP contribution in [0, 0.1) is 5.41 Å². The summed E-state index contributed by atoms with van der Waals surface area (Å²) in [5.74, 6) is -1.34. The number of hydrogen-bond donors (Lipinski definition) is 1. The van der Waals surface area contributed by atoms with Gasteiger partial charge in [0.05, 0.1) is 0 Å². The number of carbonyl (C=O) groups is 3. The molecule has 1 aliphatic rings. The van der Waals surface area contributed by atoms with Crippen molar-refractivity contribution in [3.63, 3.8) is 0 Å². The van der Waals surface area contributed by atoms with Gasteiger partial charge in [0.25, 0.3) is 0 Å². The van der Waals surface area contributed by atoms with Gasteiger partial charge < -0.3 is 0 Å². The topological polar surface area (TPSA) is 66.5 Å². The summed E-state index contributed by atoms with van der Waals surface area (Å²) in [6, 6.07) is 8.65. The van der Waals surface area contributed by atoms with E-state index in [4.69, 9.17) is 0 Å². The van der Waals surface area contributed by atoms with Crippen LogP contribution in [0.4, 0.5) is 4.79 Å². The van der Waals surface area contributed by atoms with Gasteiger partial charge in [-0.15, -0.1) is 0 Å². The Bertz CT molecular complexity index is 541. The van der Waals surface area contributed by atoms with E-state index in [1.54, 1.807) is 6.92 Å². The molecule has 0 aromatic heterocycles. The number of benzene rings is 1. The number of rotatable bonds is 2. The van der Waals surface area contributed by atoms with Crippen molar-refractivity contribution in [2.45, 2.75) is 19.8 Å². The zero-order valence-corrected chi connectivity index (χ0v) is 11.1. The van der Waals surface area contributed by atoms with Gasteiger partial charge in [-0.3, -0.25) is 19.8 Å². The van der Waals surface area contributed by atoms with E-state index in [9.17, 15) is 14.4 Å². The van der Waals surface area contributed by atoms with Crippen molar-refractivity contribution in [2.24, 2.45) is 5.41 Å². The van der Waals surface area contributed by atoms with Crippen LogP contribution in [0.1, 0.15) is 25.3 Å². The van der Waals surface area contributed by atoms with Gasteiger partial charge in [-0.05, 0) is 12.5 Å². The van der Waals surface area contributed by atoms with Gasteiger partial charge in [-0.2, -0.15) is 0 Å². The minimum absolute atomic E-state index is 0.322. The third-order valence-electron chi connectivity index (χ3n) is 3.91. The van der Waals surface area contributed by atoms with Crippen LogP contribution in [-0.4, -0.2) is 29.8 Å². The first-order valence-electron chi connectivity index (χ1n) is 6.07.